The first-order chi connectivity index (χ1) is 14.6. The lowest BCUT2D eigenvalue weighted by molar-refractivity contribution is 0.102. The molecule has 0 saturated heterocycles. The normalized spacial score (nSPS) is 10.8. The second kappa shape index (κ2) is 8.84. The molecule has 30 heavy (non-hydrogen) atoms. The van der Waals surface area contributed by atoms with Crippen molar-refractivity contribution in [1.29, 1.82) is 0 Å². The van der Waals surface area contributed by atoms with Crippen LogP contribution < -0.4 is 0 Å². The molecule has 0 aliphatic heterocycles. The number of carbonyl (C=O) groups excluding carboxylic acids is 1. The molecule has 0 amide bonds. The fourth-order valence-corrected chi connectivity index (χ4v) is 3.94. The Hall–Kier alpha value is -3.58. The molecule has 0 spiro atoms. The topological polar surface area (TPSA) is 88.2 Å². The van der Waals surface area contributed by atoms with Gasteiger partial charge in [0.15, 0.2) is 10.9 Å². The fraction of sp³-hybridized carbons (Fsp3) is 0.0870. The Morgan fingerprint density at radius 1 is 0.900 bits per heavy atom. The SMILES string of the molecule is O=C(CSc1nnc(Cc2ccccc2)n1-c1ccccc1)c1ccc(O)cc1O. The van der Waals surface area contributed by atoms with Gasteiger partial charge in [-0.05, 0) is 29.8 Å². The number of hydrogen-bond acceptors (Lipinski definition) is 6. The molecule has 7 heteroatoms. The summed E-state index contributed by atoms with van der Waals surface area (Å²) >= 11 is 1.26. The quantitative estimate of drug-likeness (QED) is 0.345. The van der Waals surface area contributed by atoms with Crippen LogP contribution in [-0.4, -0.2) is 36.5 Å². The molecule has 0 radical (unpaired) electrons. The van der Waals surface area contributed by atoms with Crippen molar-refractivity contribution in [3.05, 3.63) is 95.8 Å². The molecule has 6 nitrogen and oxygen atoms in total. The van der Waals surface area contributed by atoms with Gasteiger partial charge in [-0.1, -0.05) is 60.3 Å². The van der Waals surface area contributed by atoms with Gasteiger partial charge in [0, 0.05) is 18.2 Å². The number of thioether (sulfide) groups is 1. The molecule has 0 bridgehead atoms. The summed E-state index contributed by atoms with van der Waals surface area (Å²) in [6.07, 6.45) is 0.607. The van der Waals surface area contributed by atoms with E-state index in [-0.39, 0.29) is 28.6 Å². The van der Waals surface area contributed by atoms with E-state index in [1.165, 1.54) is 23.9 Å². The van der Waals surface area contributed by atoms with E-state index in [1.54, 1.807) is 0 Å². The summed E-state index contributed by atoms with van der Waals surface area (Å²) in [6, 6.07) is 23.7. The number of phenolic OH excluding ortho intramolecular Hbond substituents is 2. The van der Waals surface area contributed by atoms with Gasteiger partial charge in [0.05, 0.1) is 11.3 Å². The first-order valence-corrected chi connectivity index (χ1v) is 10.3. The monoisotopic (exact) mass is 417 g/mol. The van der Waals surface area contributed by atoms with Crippen molar-refractivity contribution in [3.8, 4) is 17.2 Å². The molecular weight excluding hydrogens is 398 g/mol. The second-order valence-corrected chi connectivity index (χ2v) is 7.59. The van der Waals surface area contributed by atoms with Crippen LogP contribution >= 0.6 is 11.8 Å². The Balaban J connectivity index is 1.60. The number of nitrogens with zero attached hydrogens (tertiary/aromatic N) is 3. The van der Waals surface area contributed by atoms with Crippen molar-refractivity contribution >= 4 is 17.5 Å². The van der Waals surface area contributed by atoms with E-state index in [4.69, 9.17) is 0 Å². The Morgan fingerprint density at radius 3 is 2.30 bits per heavy atom. The maximum Gasteiger partial charge on any atom is 0.196 e. The van der Waals surface area contributed by atoms with Gasteiger partial charge in [0.25, 0.3) is 0 Å². The van der Waals surface area contributed by atoms with Crippen LogP contribution in [0, 0.1) is 0 Å². The number of rotatable bonds is 7. The standard InChI is InChI=1S/C23H19N3O3S/c27-18-11-12-19(20(28)14-18)21(29)15-30-23-25-24-22(13-16-7-3-1-4-8-16)26(23)17-9-5-2-6-10-17/h1-12,14,27-28H,13,15H2. The average molecular weight is 417 g/mol. The fourth-order valence-electron chi connectivity index (χ4n) is 3.09. The Labute approximate surface area is 177 Å². The van der Waals surface area contributed by atoms with E-state index in [0.717, 1.165) is 23.1 Å². The summed E-state index contributed by atoms with van der Waals surface area (Å²) in [7, 11) is 0. The number of Topliss-reactive ketones (excluding diaryl/α,β-unsaturated/α-hetero) is 1. The molecule has 1 heterocycles. The molecule has 2 N–H and O–H groups in total. The van der Waals surface area contributed by atoms with E-state index < -0.39 is 0 Å². The summed E-state index contributed by atoms with van der Waals surface area (Å²) in [5.74, 6) is 0.259. The minimum Gasteiger partial charge on any atom is -0.508 e. The van der Waals surface area contributed by atoms with E-state index in [2.05, 4.69) is 10.2 Å². The highest BCUT2D eigenvalue weighted by Gasteiger charge is 2.18. The molecule has 1 aromatic heterocycles. The van der Waals surface area contributed by atoms with E-state index in [1.807, 2.05) is 65.2 Å². The number of benzene rings is 3. The number of phenols is 2. The van der Waals surface area contributed by atoms with E-state index in [0.29, 0.717) is 11.6 Å². The van der Waals surface area contributed by atoms with Crippen LogP contribution in [0.2, 0.25) is 0 Å². The summed E-state index contributed by atoms with van der Waals surface area (Å²) < 4.78 is 1.95. The number of carbonyl (C=O) groups is 1. The minimum absolute atomic E-state index is 0.0780. The highest BCUT2D eigenvalue weighted by molar-refractivity contribution is 7.99. The largest absolute Gasteiger partial charge is 0.508 e. The van der Waals surface area contributed by atoms with Gasteiger partial charge in [-0.15, -0.1) is 10.2 Å². The van der Waals surface area contributed by atoms with Gasteiger partial charge in [-0.2, -0.15) is 0 Å². The Morgan fingerprint density at radius 2 is 1.60 bits per heavy atom. The Kier molecular flexibility index (Phi) is 5.81. The zero-order chi connectivity index (χ0) is 20.9. The zero-order valence-electron chi connectivity index (χ0n) is 16.0. The number of ketones is 1. The van der Waals surface area contributed by atoms with Crippen LogP contribution in [0.15, 0.2) is 84.0 Å². The predicted octanol–water partition coefficient (Wildman–Crippen LogP) is 4.24. The average Bonchev–Trinajstić information content (AvgIpc) is 3.15. The summed E-state index contributed by atoms with van der Waals surface area (Å²) in [5, 5.41) is 28.6. The minimum atomic E-state index is -0.260. The molecular formula is C23H19N3O3S. The van der Waals surface area contributed by atoms with Gasteiger partial charge >= 0.3 is 0 Å². The van der Waals surface area contributed by atoms with Crippen LogP contribution in [0.5, 0.6) is 11.5 Å². The highest BCUT2D eigenvalue weighted by atomic mass is 32.2. The number of para-hydroxylation sites is 1. The van der Waals surface area contributed by atoms with Gasteiger partial charge in [-0.25, -0.2) is 0 Å². The molecule has 3 aromatic carbocycles. The lowest BCUT2D eigenvalue weighted by Crippen LogP contribution is -2.06. The molecule has 0 aliphatic rings. The number of aromatic nitrogens is 3. The summed E-state index contributed by atoms with van der Waals surface area (Å²) in [4.78, 5) is 12.6. The number of hydrogen-bond donors (Lipinski definition) is 2. The third kappa shape index (κ3) is 4.36. The second-order valence-electron chi connectivity index (χ2n) is 6.65. The highest BCUT2D eigenvalue weighted by Crippen LogP contribution is 2.27. The van der Waals surface area contributed by atoms with Crippen molar-refractivity contribution < 1.29 is 15.0 Å². The van der Waals surface area contributed by atoms with Crippen molar-refractivity contribution in [2.24, 2.45) is 0 Å². The molecule has 0 fully saturated rings. The van der Waals surface area contributed by atoms with Crippen LogP contribution in [0.25, 0.3) is 5.69 Å². The van der Waals surface area contributed by atoms with Crippen molar-refractivity contribution in [2.75, 3.05) is 5.75 Å². The van der Waals surface area contributed by atoms with Crippen molar-refractivity contribution in [2.45, 2.75) is 11.6 Å². The molecule has 0 atom stereocenters. The first kappa shape index (κ1) is 19.7. The van der Waals surface area contributed by atoms with Crippen LogP contribution in [0.1, 0.15) is 21.7 Å². The van der Waals surface area contributed by atoms with Gasteiger partial charge in [-0.3, -0.25) is 9.36 Å². The third-order valence-electron chi connectivity index (χ3n) is 4.53. The smallest absolute Gasteiger partial charge is 0.196 e. The molecule has 0 unspecified atom stereocenters. The van der Waals surface area contributed by atoms with Crippen molar-refractivity contribution in [3.63, 3.8) is 0 Å². The van der Waals surface area contributed by atoms with Gasteiger partial charge in [0.2, 0.25) is 0 Å². The van der Waals surface area contributed by atoms with Gasteiger partial charge in [0.1, 0.15) is 17.3 Å². The van der Waals surface area contributed by atoms with Gasteiger partial charge < -0.3 is 10.2 Å². The molecule has 4 rings (SSSR count). The number of aromatic hydroxyl groups is 2. The molecule has 0 aliphatic carbocycles. The molecule has 4 aromatic rings. The Bertz CT molecular complexity index is 1160. The molecule has 0 saturated carbocycles. The molecule has 150 valence electrons. The van der Waals surface area contributed by atoms with Crippen LogP contribution in [0.3, 0.4) is 0 Å². The lowest BCUT2D eigenvalue weighted by atomic mass is 10.1. The van der Waals surface area contributed by atoms with E-state index in [9.17, 15) is 15.0 Å². The maximum atomic E-state index is 12.6. The predicted molar refractivity (Wildman–Crippen MR) is 115 cm³/mol. The first-order valence-electron chi connectivity index (χ1n) is 9.33. The zero-order valence-corrected chi connectivity index (χ0v) is 16.8. The van der Waals surface area contributed by atoms with Crippen LogP contribution in [-0.2, 0) is 6.42 Å². The maximum absolute atomic E-state index is 12.6. The van der Waals surface area contributed by atoms with Crippen molar-refractivity contribution in [1.82, 2.24) is 14.8 Å². The van der Waals surface area contributed by atoms with E-state index >= 15 is 0 Å². The lowest BCUT2D eigenvalue weighted by Gasteiger charge is -2.10. The third-order valence-corrected chi connectivity index (χ3v) is 5.46. The summed E-state index contributed by atoms with van der Waals surface area (Å²) in [6.45, 7) is 0. The summed E-state index contributed by atoms with van der Waals surface area (Å²) in [5.41, 5.74) is 2.19. The van der Waals surface area contributed by atoms with Crippen LogP contribution in [0.4, 0.5) is 0 Å².